The Bertz CT molecular complexity index is 803. The number of rotatable bonds is 5. The molecular formula is C21H23NO4. The van der Waals surface area contributed by atoms with Crippen LogP contribution in [-0.4, -0.2) is 32.5 Å². The van der Waals surface area contributed by atoms with Crippen LogP contribution in [0.5, 0.6) is 0 Å². The average molecular weight is 353 g/mol. The first kappa shape index (κ1) is 18.0. The Hall–Kier alpha value is -2.82. The van der Waals surface area contributed by atoms with Crippen molar-refractivity contribution in [3.8, 4) is 0 Å². The molecule has 3 rings (SSSR count). The summed E-state index contributed by atoms with van der Waals surface area (Å²) in [5.74, 6) is -1.30. The lowest BCUT2D eigenvalue weighted by atomic mass is 9.76. The van der Waals surface area contributed by atoms with Gasteiger partial charge in [0.05, 0.1) is 12.9 Å². The number of allylic oxidation sites excluding steroid dienone is 2. The van der Waals surface area contributed by atoms with E-state index in [1.807, 2.05) is 49.3 Å². The molecule has 1 heterocycles. The lowest BCUT2D eigenvalue weighted by Gasteiger charge is -2.27. The molecule has 0 spiro atoms. The van der Waals surface area contributed by atoms with E-state index in [9.17, 15) is 9.59 Å². The van der Waals surface area contributed by atoms with Gasteiger partial charge < -0.3 is 14.1 Å². The molecule has 0 fully saturated rings. The van der Waals surface area contributed by atoms with Crippen molar-refractivity contribution < 1.29 is 18.7 Å². The molecule has 1 aliphatic rings. The van der Waals surface area contributed by atoms with E-state index in [4.69, 9.17) is 9.15 Å². The summed E-state index contributed by atoms with van der Waals surface area (Å²) in [7, 11) is 3.96. The zero-order valence-electron chi connectivity index (χ0n) is 15.3. The Labute approximate surface area is 153 Å². The number of furan rings is 1. The lowest BCUT2D eigenvalue weighted by Crippen LogP contribution is -2.33. The Morgan fingerprint density at radius 1 is 1.23 bits per heavy atom. The van der Waals surface area contributed by atoms with Crippen molar-refractivity contribution in [2.24, 2.45) is 5.92 Å². The van der Waals surface area contributed by atoms with Gasteiger partial charge in [0.15, 0.2) is 5.78 Å². The molecule has 0 saturated carbocycles. The van der Waals surface area contributed by atoms with Gasteiger partial charge >= 0.3 is 5.97 Å². The SMILES string of the molecule is CCOC(=O)[C@H]1C(=O)C=C(c2ccc(N(C)C)cc2)C[C@@H]1c1ccco1. The summed E-state index contributed by atoms with van der Waals surface area (Å²) in [6, 6.07) is 11.6. The van der Waals surface area contributed by atoms with Crippen LogP contribution < -0.4 is 4.90 Å². The van der Waals surface area contributed by atoms with Crippen molar-refractivity contribution in [2.75, 3.05) is 25.6 Å². The van der Waals surface area contributed by atoms with Crippen LogP contribution in [-0.2, 0) is 14.3 Å². The fourth-order valence-corrected chi connectivity index (χ4v) is 3.33. The second-order valence-corrected chi connectivity index (χ2v) is 6.57. The summed E-state index contributed by atoms with van der Waals surface area (Å²) < 4.78 is 10.6. The molecule has 0 radical (unpaired) electrons. The molecule has 0 N–H and O–H groups in total. The highest BCUT2D eigenvalue weighted by Crippen LogP contribution is 2.40. The third-order valence-electron chi connectivity index (χ3n) is 4.67. The van der Waals surface area contributed by atoms with Crippen LogP contribution in [0.1, 0.15) is 30.6 Å². The van der Waals surface area contributed by atoms with E-state index >= 15 is 0 Å². The number of hydrogen-bond acceptors (Lipinski definition) is 5. The Morgan fingerprint density at radius 2 is 1.96 bits per heavy atom. The molecule has 136 valence electrons. The molecule has 0 aliphatic heterocycles. The smallest absolute Gasteiger partial charge is 0.317 e. The molecule has 2 aromatic rings. The second kappa shape index (κ2) is 7.60. The topological polar surface area (TPSA) is 59.8 Å². The summed E-state index contributed by atoms with van der Waals surface area (Å²) in [6.45, 7) is 1.98. The van der Waals surface area contributed by atoms with Crippen molar-refractivity contribution in [2.45, 2.75) is 19.3 Å². The molecule has 2 atom stereocenters. The van der Waals surface area contributed by atoms with Crippen LogP contribution in [0.15, 0.2) is 53.2 Å². The highest BCUT2D eigenvalue weighted by atomic mass is 16.5. The van der Waals surface area contributed by atoms with Crippen LogP contribution in [0.3, 0.4) is 0 Å². The van der Waals surface area contributed by atoms with Gasteiger partial charge in [-0.1, -0.05) is 12.1 Å². The number of nitrogens with zero attached hydrogens (tertiary/aromatic N) is 1. The third kappa shape index (κ3) is 3.57. The number of ketones is 1. The molecule has 1 aliphatic carbocycles. The minimum Gasteiger partial charge on any atom is -0.469 e. The number of carbonyl (C=O) groups is 2. The quantitative estimate of drug-likeness (QED) is 0.606. The Balaban J connectivity index is 1.95. The monoisotopic (exact) mass is 353 g/mol. The van der Waals surface area contributed by atoms with Gasteiger partial charge in [0.25, 0.3) is 0 Å². The maximum absolute atomic E-state index is 12.7. The maximum atomic E-state index is 12.7. The number of carbonyl (C=O) groups excluding carboxylic acids is 2. The zero-order valence-corrected chi connectivity index (χ0v) is 15.3. The van der Waals surface area contributed by atoms with Crippen LogP contribution in [0.2, 0.25) is 0 Å². The number of benzene rings is 1. The van der Waals surface area contributed by atoms with Gasteiger partial charge in [-0.05, 0) is 54.8 Å². The standard InChI is InChI=1S/C21H23NO4/c1-4-25-21(24)20-17(19-6-5-11-26-19)12-15(13-18(20)23)14-7-9-16(10-8-14)22(2)3/h5-11,13,17,20H,4,12H2,1-3H3/t17-,20-/m1/s1. The number of esters is 1. The molecule has 5 nitrogen and oxygen atoms in total. The van der Waals surface area contributed by atoms with Gasteiger partial charge in [-0.25, -0.2) is 0 Å². The fraction of sp³-hybridized carbons (Fsp3) is 0.333. The van der Waals surface area contributed by atoms with E-state index in [2.05, 4.69) is 0 Å². The maximum Gasteiger partial charge on any atom is 0.317 e. The van der Waals surface area contributed by atoms with E-state index in [1.165, 1.54) is 0 Å². The van der Waals surface area contributed by atoms with E-state index in [0.717, 1.165) is 16.8 Å². The van der Waals surface area contributed by atoms with E-state index in [1.54, 1.807) is 25.3 Å². The van der Waals surface area contributed by atoms with Crippen molar-refractivity contribution in [3.05, 3.63) is 60.1 Å². The molecule has 1 aromatic heterocycles. The fourth-order valence-electron chi connectivity index (χ4n) is 3.33. The summed E-state index contributed by atoms with van der Waals surface area (Å²) >= 11 is 0. The first-order chi connectivity index (χ1) is 12.5. The molecular weight excluding hydrogens is 330 g/mol. The third-order valence-corrected chi connectivity index (χ3v) is 4.67. The first-order valence-corrected chi connectivity index (χ1v) is 8.73. The number of hydrogen-bond donors (Lipinski definition) is 0. The van der Waals surface area contributed by atoms with E-state index in [-0.39, 0.29) is 18.3 Å². The largest absolute Gasteiger partial charge is 0.469 e. The molecule has 1 aromatic carbocycles. The highest BCUT2D eigenvalue weighted by Gasteiger charge is 2.41. The van der Waals surface area contributed by atoms with Gasteiger partial charge in [-0.15, -0.1) is 0 Å². The van der Waals surface area contributed by atoms with E-state index < -0.39 is 11.9 Å². The minimum atomic E-state index is -0.856. The van der Waals surface area contributed by atoms with E-state index in [0.29, 0.717) is 12.2 Å². The summed E-state index contributed by atoms with van der Waals surface area (Å²) in [5, 5.41) is 0. The molecule has 0 saturated heterocycles. The van der Waals surface area contributed by atoms with Crippen LogP contribution in [0.4, 0.5) is 5.69 Å². The summed E-state index contributed by atoms with van der Waals surface area (Å²) in [5.41, 5.74) is 2.97. The van der Waals surface area contributed by atoms with Gasteiger partial charge in [0.1, 0.15) is 11.7 Å². The van der Waals surface area contributed by atoms with Gasteiger partial charge in [0, 0.05) is 25.7 Å². The highest BCUT2D eigenvalue weighted by molar-refractivity contribution is 6.10. The van der Waals surface area contributed by atoms with Crippen molar-refractivity contribution in [3.63, 3.8) is 0 Å². The summed E-state index contributed by atoms with van der Waals surface area (Å²) in [4.78, 5) is 27.1. The molecule has 5 heteroatoms. The van der Waals surface area contributed by atoms with Crippen molar-refractivity contribution in [1.82, 2.24) is 0 Å². The normalized spacial score (nSPS) is 19.8. The number of ether oxygens (including phenoxy) is 1. The van der Waals surface area contributed by atoms with Crippen LogP contribution >= 0.6 is 0 Å². The summed E-state index contributed by atoms with van der Waals surface area (Å²) in [6.07, 6.45) is 3.68. The second-order valence-electron chi connectivity index (χ2n) is 6.57. The molecule has 0 amide bonds. The van der Waals surface area contributed by atoms with Gasteiger partial charge in [-0.2, -0.15) is 0 Å². The predicted octanol–water partition coefficient (Wildman–Crippen LogP) is 3.66. The predicted molar refractivity (Wildman–Crippen MR) is 99.9 cm³/mol. The van der Waals surface area contributed by atoms with Gasteiger partial charge in [-0.3, -0.25) is 9.59 Å². The van der Waals surface area contributed by atoms with Crippen molar-refractivity contribution >= 4 is 23.0 Å². The van der Waals surface area contributed by atoms with Crippen molar-refractivity contribution in [1.29, 1.82) is 0 Å². The Morgan fingerprint density at radius 3 is 2.54 bits per heavy atom. The Kier molecular flexibility index (Phi) is 5.26. The lowest BCUT2D eigenvalue weighted by molar-refractivity contribution is -0.151. The van der Waals surface area contributed by atoms with Crippen LogP contribution in [0.25, 0.3) is 5.57 Å². The minimum absolute atomic E-state index is 0.234. The zero-order chi connectivity index (χ0) is 18.7. The van der Waals surface area contributed by atoms with Gasteiger partial charge in [0.2, 0.25) is 0 Å². The first-order valence-electron chi connectivity index (χ1n) is 8.73. The van der Waals surface area contributed by atoms with Crippen LogP contribution in [0, 0.1) is 5.92 Å². The molecule has 0 unspecified atom stereocenters. The molecule has 0 bridgehead atoms. The average Bonchev–Trinajstić information content (AvgIpc) is 3.15. The molecule has 26 heavy (non-hydrogen) atoms. The number of anilines is 1.